The smallest absolute Gasteiger partial charge is 0.317 e. The van der Waals surface area contributed by atoms with Crippen LogP contribution >= 0.6 is 0 Å². The Bertz CT molecular complexity index is 496. The molecule has 0 saturated carbocycles. The maximum Gasteiger partial charge on any atom is 0.317 e. The van der Waals surface area contributed by atoms with Crippen LogP contribution in [-0.4, -0.2) is 41.8 Å². The first-order chi connectivity index (χ1) is 10.4. The Labute approximate surface area is 133 Å². The molecule has 2 N–H and O–H groups in total. The SMILES string of the molecule is CCc1ccc(C(C)(C)CNC(=O)N2CCCC(O)C2)cc1. The van der Waals surface area contributed by atoms with Gasteiger partial charge >= 0.3 is 6.03 Å². The zero-order valence-corrected chi connectivity index (χ0v) is 13.9. The first-order valence-corrected chi connectivity index (χ1v) is 8.22. The molecular weight excluding hydrogens is 276 g/mol. The predicted octanol–water partition coefficient (Wildman–Crippen LogP) is 2.69. The average molecular weight is 304 g/mol. The highest BCUT2D eigenvalue weighted by molar-refractivity contribution is 5.74. The Morgan fingerprint density at radius 2 is 2.05 bits per heavy atom. The van der Waals surface area contributed by atoms with E-state index in [0.717, 1.165) is 25.8 Å². The maximum absolute atomic E-state index is 12.2. The summed E-state index contributed by atoms with van der Waals surface area (Å²) in [5.74, 6) is 0. The number of carbonyl (C=O) groups is 1. The standard InChI is InChI=1S/C18H28N2O2/c1-4-14-7-9-15(10-8-14)18(2,3)13-19-17(22)20-11-5-6-16(21)12-20/h7-10,16,21H,4-6,11-13H2,1-3H3,(H,19,22). The van der Waals surface area contributed by atoms with Gasteiger partial charge in [-0.05, 0) is 30.4 Å². The molecule has 0 bridgehead atoms. The lowest BCUT2D eigenvalue weighted by molar-refractivity contribution is 0.0839. The number of carbonyl (C=O) groups excluding carboxylic acids is 1. The van der Waals surface area contributed by atoms with E-state index in [2.05, 4.69) is 50.4 Å². The Morgan fingerprint density at radius 3 is 2.64 bits per heavy atom. The third kappa shape index (κ3) is 4.23. The number of aliphatic hydroxyl groups excluding tert-OH is 1. The molecule has 4 heteroatoms. The highest BCUT2D eigenvalue weighted by Gasteiger charge is 2.25. The second kappa shape index (κ2) is 7.14. The third-order valence-electron chi connectivity index (χ3n) is 4.51. The second-order valence-corrected chi connectivity index (χ2v) is 6.84. The minimum atomic E-state index is -0.380. The quantitative estimate of drug-likeness (QED) is 0.898. The average Bonchev–Trinajstić information content (AvgIpc) is 2.52. The van der Waals surface area contributed by atoms with Crippen LogP contribution in [0.15, 0.2) is 24.3 Å². The molecule has 4 nitrogen and oxygen atoms in total. The lowest BCUT2D eigenvalue weighted by atomic mass is 9.84. The zero-order chi connectivity index (χ0) is 16.2. The van der Waals surface area contributed by atoms with E-state index in [9.17, 15) is 9.90 Å². The number of nitrogens with one attached hydrogen (secondary N) is 1. The predicted molar refractivity (Wildman–Crippen MR) is 89.1 cm³/mol. The summed E-state index contributed by atoms with van der Waals surface area (Å²) in [5.41, 5.74) is 2.44. The van der Waals surface area contributed by atoms with Gasteiger partial charge in [-0.15, -0.1) is 0 Å². The van der Waals surface area contributed by atoms with Crippen molar-refractivity contribution < 1.29 is 9.90 Å². The summed E-state index contributed by atoms with van der Waals surface area (Å²) < 4.78 is 0. The first kappa shape index (κ1) is 16.8. The van der Waals surface area contributed by atoms with Crippen molar-refractivity contribution in [2.24, 2.45) is 0 Å². The number of rotatable bonds is 4. The lowest BCUT2D eigenvalue weighted by Gasteiger charge is -2.32. The fourth-order valence-electron chi connectivity index (χ4n) is 2.84. The minimum Gasteiger partial charge on any atom is -0.391 e. The molecule has 1 atom stereocenters. The van der Waals surface area contributed by atoms with Crippen LogP contribution < -0.4 is 5.32 Å². The molecule has 2 rings (SSSR count). The van der Waals surface area contributed by atoms with Gasteiger partial charge < -0.3 is 15.3 Å². The molecule has 0 radical (unpaired) electrons. The summed E-state index contributed by atoms with van der Waals surface area (Å²) in [7, 11) is 0. The van der Waals surface area contributed by atoms with Gasteiger partial charge in [0.25, 0.3) is 0 Å². The lowest BCUT2D eigenvalue weighted by Crippen LogP contribution is -2.49. The molecule has 2 amide bonds. The highest BCUT2D eigenvalue weighted by Crippen LogP contribution is 2.23. The molecule has 1 aliphatic rings. The summed E-state index contributed by atoms with van der Waals surface area (Å²) >= 11 is 0. The van der Waals surface area contributed by atoms with E-state index in [1.807, 2.05) is 0 Å². The van der Waals surface area contributed by atoms with Crippen LogP contribution in [0.2, 0.25) is 0 Å². The normalized spacial score (nSPS) is 19.1. The van der Waals surface area contributed by atoms with Crippen LogP contribution in [0.1, 0.15) is 44.7 Å². The zero-order valence-electron chi connectivity index (χ0n) is 13.9. The number of aliphatic hydroxyl groups is 1. The Morgan fingerprint density at radius 1 is 1.36 bits per heavy atom. The number of aryl methyl sites for hydroxylation is 1. The Hall–Kier alpha value is -1.55. The molecule has 1 heterocycles. The summed E-state index contributed by atoms with van der Waals surface area (Å²) in [6.45, 7) is 8.18. The van der Waals surface area contributed by atoms with E-state index in [1.165, 1.54) is 11.1 Å². The van der Waals surface area contributed by atoms with E-state index in [0.29, 0.717) is 13.1 Å². The number of likely N-dealkylation sites (tertiary alicyclic amines) is 1. The molecule has 1 fully saturated rings. The summed E-state index contributed by atoms with van der Waals surface area (Å²) in [6, 6.07) is 8.53. The van der Waals surface area contributed by atoms with Gasteiger partial charge in [0.2, 0.25) is 0 Å². The van der Waals surface area contributed by atoms with Crippen LogP contribution in [0.25, 0.3) is 0 Å². The van der Waals surface area contributed by atoms with Gasteiger partial charge in [-0.1, -0.05) is 45.0 Å². The van der Waals surface area contributed by atoms with Crippen molar-refractivity contribution in [3.63, 3.8) is 0 Å². The van der Waals surface area contributed by atoms with Gasteiger partial charge in [0, 0.05) is 25.0 Å². The summed E-state index contributed by atoms with van der Waals surface area (Å²) in [6.07, 6.45) is 2.32. The number of β-amino-alcohol motifs (C(OH)–C–C–N with tert-alkyl or cyclic N) is 1. The van der Waals surface area contributed by atoms with Crippen LogP contribution in [-0.2, 0) is 11.8 Å². The Balaban J connectivity index is 1.92. The molecule has 1 aliphatic heterocycles. The van der Waals surface area contributed by atoms with Crippen molar-refractivity contribution in [2.45, 2.75) is 51.6 Å². The fourth-order valence-corrected chi connectivity index (χ4v) is 2.84. The van der Waals surface area contributed by atoms with Crippen LogP contribution in [0.4, 0.5) is 4.79 Å². The minimum absolute atomic E-state index is 0.0722. The molecule has 1 aromatic carbocycles. The number of piperidine rings is 1. The van der Waals surface area contributed by atoms with E-state index in [-0.39, 0.29) is 17.6 Å². The van der Waals surface area contributed by atoms with Gasteiger partial charge in [0.05, 0.1) is 6.10 Å². The van der Waals surface area contributed by atoms with Crippen molar-refractivity contribution >= 4 is 6.03 Å². The monoisotopic (exact) mass is 304 g/mol. The molecular formula is C18H28N2O2. The van der Waals surface area contributed by atoms with Crippen LogP contribution in [0.3, 0.4) is 0 Å². The number of nitrogens with zero attached hydrogens (tertiary/aromatic N) is 1. The van der Waals surface area contributed by atoms with Gasteiger partial charge in [-0.25, -0.2) is 4.79 Å². The van der Waals surface area contributed by atoms with E-state index in [4.69, 9.17) is 0 Å². The molecule has 22 heavy (non-hydrogen) atoms. The third-order valence-corrected chi connectivity index (χ3v) is 4.51. The highest BCUT2D eigenvalue weighted by atomic mass is 16.3. The van der Waals surface area contributed by atoms with Crippen molar-refractivity contribution in [3.05, 3.63) is 35.4 Å². The largest absolute Gasteiger partial charge is 0.391 e. The molecule has 122 valence electrons. The second-order valence-electron chi connectivity index (χ2n) is 6.84. The van der Waals surface area contributed by atoms with Gasteiger partial charge in [0.15, 0.2) is 0 Å². The number of benzene rings is 1. The van der Waals surface area contributed by atoms with Crippen molar-refractivity contribution in [1.82, 2.24) is 10.2 Å². The molecule has 1 aromatic rings. The van der Waals surface area contributed by atoms with Crippen molar-refractivity contribution in [1.29, 1.82) is 0 Å². The van der Waals surface area contributed by atoms with Gasteiger partial charge in [-0.3, -0.25) is 0 Å². The van der Waals surface area contributed by atoms with E-state index in [1.54, 1.807) is 4.90 Å². The number of amides is 2. The van der Waals surface area contributed by atoms with Crippen LogP contribution in [0, 0.1) is 0 Å². The molecule has 0 aliphatic carbocycles. The number of hydrogen-bond acceptors (Lipinski definition) is 2. The number of urea groups is 1. The van der Waals surface area contributed by atoms with Gasteiger partial charge in [0.1, 0.15) is 0 Å². The molecule has 0 aromatic heterocycles. The number of hydrogen-bond donors (Lipinski definition) is 2. The van der Waals surface area contributed by atoms with Crippen LogP contribution in [0.5, 0.6) is 0 Å². The molecule has 1 unspecified atom stereocenters. The summed E-state index contributed by atoms with van der Waals surface area (Å²) in [5, 5.41) is 12.7. The van der Waals surface area contributed by atoms with Gasteiger partial charge in [-0.2, -0.15) is 0 Å². The molecule has 0 spiro atoms. The maximum atomic E-state index is 12.2. The van der Waals surface area contributed by atoms with Crippen molar-refractivity contribution in [2.75, 3.05) is 19.6 Å². The fraction of sp³-hybridized carbons (Fsp3) is 0.611. The first-order valence-electron chi connectivity index (χ1n) is 8.22. The van der Waals surface area contributed by atoms with E-state index >= 15 is 0 Å². The Kier molecular flexibility index (Phi) is 5.46. The summed E-state index contributed by atoms with van der Waals surface area (Å²) in [4.78, 5) is 13.9. The molecule has 1 saturated heterocycles. The van der Waals surface area contributed by atoms with E-state index < -0.39 is 0 Å². The topological polar surface area (TPSA) is 52.6 Å². The van der Waals surface area contributed by atoms with Crippen molar-refractivity contribution in [3.8, 4) is 0 Å².